The van der Waals surface area contributed by atoms with Gasteiger partial charge in [0.1, 0.15) is 5.82 Å². The zero-order valence-corrected chi connectivity index (χ0v) is 17.1. The molecular weight excluding hydrogens is 364 g/mol. The Morgan fingerprint density at radius 3 is 2.66 bits per heavy atom. The van der Waals surface area contributed by atoms with E-state index in [1.165, 1.54) is 0 Å². The van der Waals surface area contributed by atoms with Crippen LogP contribution >= 0.6 is 0 Å². The number of carbonyl (C=O) groups excluding carboxylic acids is 1. The molecule has 2 aromatic carbocycles. The van der Waals surface area contributed by atoms with E-state index in [2.05, 4.69) is 38.8 Å². The van der Waals surface area contributed by atoms with Crippen molar-refractivity contribution in [2.75, 3.05) is 31.6 Å². The van der Waals surface area contributed by atoms with Crippen LogP contribution in [-0.2, 0) is 16.1 Å². The third-order valence-corrected chi connectivity index (χ3v) is 5.59. The first-order valence-corrected chi connectivity index (χ1v) is 10.3. The van der Waals surface area contributed by atoms with Crippen LogP contribution in [0.3, 0.4) is 0 Å². The summed E-state index contributed by atoms with van der Waals surface area (Å²) in [5, 5.41) is 3.07. The van der Waals surface area contributed by atoms with Crippen molar-refractivity contribution >= 4 is 22.6 Å². The van der Waals surface area contributed by atoms with Gasteiger partial charge in [0.15, 0.2) is 0 Å². The largest absolute Gasteiger partial charge is 0.379 e. The number of nitrogens with one attached hydrogen (secondary N) is 1. The van der Waals surface area contributed by atoms with Gasteiger partial charge in [-0.05, 0) is 37.6 Å². The van der Waals surface area contributed by atoms with E-state index in [0.29, 0.717) is 19.6 Å². The minimum Gasteiger partial charge on any atom is -0.379 e. The van der Waals surface area contributed by atoms with Crippen LogP contribution in [0.2, 0.25) is 0 Å². The van der Waals surface area contributed by atoms with Crippen molar-refractivity contribution in [3.8, 4) is 0 Å². The minimum absolute atomic E-state index is 0.0105. The second-order valence-corrected chi connectivity index (χ2v) is 7.43. The summed E-state index contributed by atoms with van der Waals surface area (Å²) in [5.74, 6) is 0.999. The first-order chi connectivity index (χ1) is 14.2. The van der Waals surface area contributed by atoms with Gasteiger partial charge in [0.2, 0.25) is 5.91 Å². The van der Waals surface area contributed by atoms with E-state index in [0.717, 1.165) is 47.7 Å². The molecule has 1 saturated heterocycles. The predicted octanol–water partition coefficient (Wildman–Crippen LogP) is 3.77. The molecule has 3 aromatic rings. The highest BCUT2D eigenvalue weighted by Gasteiger charge is 2.25. The summed E-state index contributed by atoms with van der Waals surface area (Å²) in [6.45, 7) is 8.10. The molecule has 0 saturated carbocycles. The number of fused-ring (bicyclic) bond motifs is 1. The molecule has 0 bridgehead atoms. The summed E-state index contributed by atoms with van der Waals surface area (Å²) in [4.78, 5) is 19.9. The van der Waals surface area contributed by atoms with Gasteiger partial charge in [0, 0.05) is 37.8 Å². The van der Waals surface area contributed by atoms with Crippen molar-refractivity contribution in [3.63, 3.8) is 0 Å². The number of hydrogen-bond donors (Lipinski definition) is 1. The van der Waals surface area contributed by atoms with Crippen molar-refractivity contribution in [2.24, 2.45) is 0 Å². The fourth-order valence-electron chi connectivity index (χ4n) is 4.14. The van der Waals surface area contributed by atoms with E-state index in [4.69, 9.17) is 4.74 Å². The average molecular weight is 393 g/mol. The standard InChI is InChI=1S/C23H28N4O2/c1-3-27-17(2)24-20-15-19(9-10-21(20)27)25-23(28)16-22(18-7-5-4-6-8-18)26-11-13-29-14-12-26/h4-10,15,22H,3,11-14,16H2,1-2H3,(H,25,28)/t22-/m0/s1. The molecule has 6 nitrogen and oxygen atoms in total. The van der Waals surface area contributed by atoms with Crippen LogP contribution in [0.15, 0.2) is 48.5 Å². The van der Waals surface area contributed by atoms with E-state index < -0.39 is 0 Å². The first-order valence-electron chi connectivity index (χ1n) is 10.3. The van der Waals surface area contributed by atoms with E-state index in [9.17, 15) is 4.79 Å². The molecule has 1 amide bonds. The van der Waals surface area contributed by atoms with Gasteiger partial charge in [0.05, 0.1) is 24.2 Å². The van der Waals surface area contributed by atoms with Crippen LogP contribution in [0.25, 0.3) is 11.0 Å². The molecule has 1 fully saturated rings. The molecule has 0 unspecified atom stereocenters. The normalized spacial score (nSPS) is 16.1. The quantitative estimate of drug-likeness (QED) is 0.694. The fourth-order valence-corrected chi connectivity index (χ4v) is 4.14. The van der Waals surface area contributed by atoms with E-state index >= 15 is 0 Å². The highest BCUT2D eigenvalue weighted by atomic mass is 16.5. The van der Waals surface area contributed by atoms with Crippen molar-refractivity contribution in [1.82, 2.24) is 14.5 Å². The van der Waals surface area contributed by atoms with E-state index in [1.54, 1.807) is 0 Å². The molecule has 0 spiro atoms. The Morgan fingerprint density at radius 1 is 1.17 bits per heavy atom. The molecule has 152 valence electrons. The van der Waals surface area contributed by atoms with Crippen molar-refractivity contribution in [1.29, 1.82) is 0 Å². The summed E-state index contributed by atoms with van der Waals surface area (Å²) >= 11 is 0. The van der Waals surface area contributed by atoms with Gasteiger partial charge in [-0.3, -0.25) is 9.69 Å². The lowest BCUT2D eigenvalue weighted by Gasteiger charge is -2.34. The molecule has 1 aliphatic heterocycles. The van der Waals surface area contributed by atoms with Gasteiger partial charge in [-0.1, -0.05) is 30.3 Å². The fraction of sp³-hybridized carbons (Fsp3) is 0.391. The summed E-state index contributed by atoms with van der Waals surface area (Å²) in [5.41, 5.74) is 3.96. The Labute approximate surface area is 171 Å². The summed E-state index contributed by atoms with van der Waals surface area (Å²) in [6.07, 6.45) is 0.407. The van der Waals surface area contributed by atoms with Crippen LogP contribution in [-0.4, -0.2) is 46.7 Å². The van der Waals surface area contributed by atoms with Gasteiger partial charge in [0.25, 0.3) is 0 Å². The number of aryl methyl sites for hydroxylation is 2. The molecule has 1 aliphatic rings. The Balaban J connectivity index is 1.51. The molecule has 29 heavy (non-hydrogen) atoms. The number of carbonyl (C=O) groups is 1. The molecule has 0 radical (unpaired) electrons. The highest BCUT2D eigenvalue weighted by molar-refractivity contribution is 5.93. The molecule has 6 heteroatoms. The SMILES string of the molecule is CCn1c(C)nc2cc(NC(=O)C[C@@H](c3ccccc3)N3CCOCC3)ccc21. The first kappa shape index (κ1) is 19.6. The Kier molecular flexibility index (Phi) is 5.92. The summed E-state index contributed by atoms with van der Waals surface area (Å²) in [7, 11) is 0. The number of ether oxygens (including phenoxy) is 1. The maximum atomic E-state index is 12.9. The lowest BCUT2D eigenvalue weighted by molar-refractivity contribution is -0.118. The van der Waals surface area contributed by atoms with Crippen molar-refractivity contribution in [3.05, 3.63) is 59.9 Å². The van der Waals surface area contributed by atoms with E-state index in [1.807, 2.05) is 43.3 Å². The van der Waals surface area contributed by atoms with Gasteiger partial charge in [-0.2, -0.15) is 0 Å². The zero-order valence-electron chi connectivity index (χ0n) is 17.1. The molecule has 1 aromatic heterocycles. The number of anilines is 1. The van der Waals surface area contributed by atoms with Crippen LogP contribution in [0.4, 0.5) is 5.69 Å². The van der Waals surface area contributed by atoms with Crippen LogP contribution in [0.1, 0.15) is 30.8 Å². The topological polar surface area (TPSA) is 59.4 Å². The molecule has 0 aliphatic carbocycles. The number of amides is 1. The van der Waals surface area contributed by atoms with Crippen LogP contribution < -0.4 is 5.32 Å². The number of aromatic nitrogens is 2. The van der Waals surface area contributed by atoms with Gasteiger partial charge >= 0.3 is 0 Å². The smallest absolute Gasteiger partial charge is 0.226 e. The third-order valence-electron chi connectivity index (χ3n) is 5.59. The van der Waals surface area contributed by atoms with Gasteiger partial charge < -0.3 is 14.6 Å². The number of rotatable bonds is 6. The third kappa shape index (κ3) is 4.33. The van der Waals surface area contributed by atoms with Gasteiger partial charge in [-0.25, -0.2) is 4.98 Å². The molecule has 4 rings (SSSR count). The number of imidazole rings is 1. The molecule has 1 N–H and O–H groups in total. The highest BCUT2D eigenvalue weighted by Crippen LogP contribution is 2.26. The second kappa shape index (κ2) is 8.76. The number of benzene rings is 2. The molecule has 2 heterocycles. The van der Waals surface area contributed by atoms with Crippen molar-refractivity contribution in [2.45, 2.75) is 32.9 Å². The lowest BCUT2D eigenvalue weighted by atomic mass is 10.0. The number of morpholine rings is 1. The second-order valence-electron chi connectivity index (χ2n) is 7.43. The summed E-state index contributed by atoms with van der Waals surface area (Å²) in [6, 6.07) is 16.3. The Morgan fingerprint density at radius 2 is 1.93 bits per heavy atom. The lowest BCUT2D eigenvalue weighted by Crippen LogP contribution is -2.40. The molecule has 1 atom stereocenters. The number of hydrogen-bond acceptors (Lipinski definition) is 4. The maximum Gasteiger partial charge on any atom is 0.226 e. The zero-order chi connectivity index (χ0) is 20.2. The maximum absolute atomic E-state index is 12.9. The van der Waals surface area contributed by atoms with E-state index in [-0.39, 0.29) is 11.9 Å². The van der Waals surface area contributed by atoms with Gasteiger partial charge in [-0.15, -0.1) is 0 Å². The van der Waals surface area contributed by atoms with Crippen LogP contribution in [0.5, 0.6) is 0 Å². The predicted molar refractivity (Wildman–Crippen MR) is 115 cm³/mol. The summed E-state index contributed by atoms with van der Waals surface area (Å²) < 4.78 is 7.67. The van der Waals surface area contributed by atoms with Crippen molar-refractivity contribution < 1.29 is 9.53 Å². The monoisotopic (exact) mass is 392 g/mol. The van der Waals surface area contributed by atoms with Crippen LogP contribution in [0, 0.1) is 6.92 Å². The Bertz CT molecular complexity index is 977. The average Bonchev–Trinajstić information content (AvgIpc) is 3.07. The minimum atomic E-state index is 0.0105. The number of nitrogens with zero attached hydrogens (tertiary/aromatic N) is 3. The molecular formula is C23H28N4O2. The Hall–Kier alpha value is -2.70.